The lowest BCUT2D eigenvalue weighted by atomic mass is 9.95. The Balaban J connectivity index is 1.71. The largest absolute Gasteiger partial charge is 0.352 e. The van der Waals surface area contributed by atoms with E-state index in [1.807, 2.05) is 31.2 Å². The number of carbonyl (C=O) groups is 2. The summed E-state index contributed by atoms with van der Waals surface area (Å²) in [4.78, 5) is 29.0. The highest BCUT2D eigenvalue weighted by Gasteiger charge is 2.34. The molecule has 3 aromatic rings. The summed E-state index contributed by atoms with van der Waals surface area (Å²) in [6.07, 6.45) is 5.06. The van der Waals surface area contributed by atoms with Gasteiger partial charge in [-0.25, -0.2) is 8.42 Å². The van der Waals surface area contributed by atoms with Gasteiger partial charge in [-0.3, -0.25) is 13.9 Å². The highest BCUT2D eigenvalue weighted by Crippen LogP contribution is 2.33. The van der Waals surface area contributed by atoms with Crippen LogP contribution in [0.2, 0.25) is 10.0 Å². The van der Waals surface area contributed by atoms with E-state index in [0.29, 0.717) is 0 Å². The molecule has 0 aromatic heterocycles. The molecule has 0 radical (unpaired) electrons. The van der Waals surface area contributed by atoms with Gasteiger partial charge in [0.05, 0.1) is 15.6 Å². The van der Waals surface area contributed by atoms with E-state index >= 15 is 0 Å². The topological polar surface area (TPSA) is 86.8 Å². The maximum absolute atomic E-state index is 14.1. The zero-order chi connectivity index (χ0) is 29.6. The summed E-state index contributed by atoms with van der Waals surface area (Å²) >= 11 is 12.7. The second-order valence-electron chi connectivity index (χ2n) is 10.4. The fourth-order valence-corrected chi connectivity index (χ4v) is 6.91. The van der Waals surface area contributed by atoms with Crippen LogP contribution in [0.1, 0.15) is 50.2 Å². The Labute approximate surface area is 252 Å². The Morgan fingerprint density at radius 2 is 1.61 bits per heavy atom. The molecule has 1 aliphatic rings. The molecule has 7 nitrogen and oxygen atoms in total. The monoisotopic (exact) mass is 615 g/mol. The van der Waals surface area contributed by atoms with Crippen molar-refractivity contribution in [1.29, 1.82) is 0 Å². The molecule has 0 heterocycles. The van der Waals surface area contributed by atoms with Crippen molar-refractivity contribution in [3.63, 3.8) is 0 Å². The standard InChI is InChI=1S/C31H35Cl2N3O4S/c1-22-11-9-10-12-24(22)20-35(23(2)31(38)34-26-13-5-3-6-14-26)30(37)21-36(29-19-25(32)17-18-28(29)33)41(39,40)27-15-7-4-8-16-27/h4,7-12,15-19,23,26H,3,5-6,13-14,20-21H2,1-2H3,(H,34,38). The number of hydrogen-bond donors (Lipinski definition) is 1. The number of sulfonamides is 1. The molecule has 3 aromatic carbocycles. The van der Waals surface area contributed by atoms with Crippen LogP contribution >= 0.6 is 23.2 Å². The van der Waals surface area contributed by atoms with Crippen LogP contribution in [0.15, 0.2) is 77.7 Å². The third-order valence-corrected chi connectivity index (χ3v) is 9.84. The molecular weight excluding hydrogens is 581 g/mol. The average molecular weight is 617 g/mol. The second kappa shape index (κ2) is 13.7. The molecule has 218 valence electrons. The molecule has 1 unspecified atom stereocenters. The van der Waals surface area contributed by atoms with Crippen molar-refractivity contribution in [2.75, 3.05) is 10.8 Å². The summed E-state index contributed by atoms with van der Waals surface area (Å²) in [5, 5.41) is 3.50. The number of carbonyl (C=O) groups excluding carboxylic acids is 2. The number of amides is 2. The number of nitrogens with one attached hydrogen (secondary N) is 1. The van der Waals surface area contributed by atoms with Crippen LogP contribution in [0.25, 0.3) is 0 Å². The molecule has 4 rings (SSSR count). The first kappa shape index (κ1) is 30.9. The molecule has 1 N–H and O–H groups in total. The molecule has 10 heteroatoms. The molecule has 2 amide bonds. The summed E-state index contributed by atoms with van der Waals surface area (Å²) in [5.41, 5.74) is 1.89. The summed E-state index contributed by atoms with van der Waals surface area (Å²) in [6.45, 7) is 3.16. The van der Waals surface area contributed by atoms with Crippen LogP contribution in [-0.2, 0) is 26.2 Å². The quantitative estimate of drug-likeness (QED) is 0.287. The lowest BCUT2D eigenvalue weighted by Gasteiger charge is -2.33. The Morgan fingerprint density at radius 3 is 2.29 bits per heavy atom. The Bertz CT molecular complexity index is 1480. The zero-order valence-corrected chi connectivity index (χ0v) is 25.6. The predicted octanol–water partition coefficient (Wildman–Crippen LogP) is 6.36. The highest BCUT2D eigenvalue weighted by atomic mass is 35.5. The van der Waals surface area contributed by atoms with E-state index in [9.17, 15) is 18.0 Å². The van der Waals surface area contributed by atoms with Gasteiger partial charge in [0.1, 0.15) is 12.6 Å². The van der Waals surface area contributed by atoms with Crippen LogP contribution < -0.4 is 9.62 Å². The van der Waals surface area contributed by atoms with Crippen molar-refractivity contribution in [3.8, 4) is 0 Å². The lowest BCUT2D eigenvalue weighted by Crippen LogP contribution is -2.53. The number of rotatable bonds is 10. The van der Waals surface area contributed by atoms with E-state index in [1.165, 1.54) is 29.2 Å². The predicted molar refractivity (Wildman–Crippen MR) is 164 cm³/mol. The van der Waals surface area contributed by atoms with Crippen LogP contribution in [0.4, 0.5) is 5.69 Å². The smallest absolute Gasteiger partial charge is 0.264 e. The van der Waals surface area contributed by atoms with Crippen molar-refractivity contribution >= 4 is 50.7 Å². The van der Waals surface area contributed by atoms with Crippen molar-refractivity contribution in [2.24, 2.45) is 0 Å². The maximum atomic E-state index is 14.1. The minimum absolute atomic E-state index is 0.00242. The fraction of sp³-hybridized carbons (Fsp3) is 0.355. The summed E-state index contributed by atoms with van der Waals surface area (Å²) in [5.74, 6) is -0.813. The van der Waals surface area contributed by atoms with Gasteiger partial charge in [-0.15, -0.1) is 0 Å². The Kier molecular flexibility index (Phi) is 10.3. The van der Waals surface area contributed by atoms with Gasteiger partial charge >= 0.3 is 0 Å². The van der Waals surface area contributed by atoms with E-state index in [1.54, 1.807) is 31.2 Å². The van der Waals surface area contributed by atoms with Crippen molar-refractivity contribution in [2.45, 2.75) is 69.5 Å². The Hall–Kier alpha value is -3.07. The third kappa shape index (κ3) is 7.61. The molecule has 0 bridgehead atoms. The number of anilines is 1. The lowest BCUT2D eigenvalue weighted by molar-refractivity contribution is -0.139. The van der Waals surface area contributed by atoms with Crippen LogP contribution in [0.3, 0.4) is 0 Å². The first-order chi connectivity index (χ1) is 19.6. The normalized spacial score (nSPS) is 14.7. The van der Waals surface area contributed by atoms with E-state index < -0.39 is 28.5 Å². The third-order valence-electron chi connectivity index (χ3n) is 7.51. The molecule has 0 saturated heterocycles. The maximum Gasteiger partial charge on any atom is 0.264 e. The van der Waals surface area contributed by atoms with Gasteiger partial charge in [0, 0.05) is 17.6 Å². The molecule has 0 aliphatic heterocycles. The van der Waals surface area contributed by atoms with Crippen molar-refractivity contribution in [1.82, 2.24) is 10.2 Å². The van der Waals surface area contributed by atoms with Gasteiger partial charge in [-0.05, 0) is 68.1 Å². The highest BCUT2D eigenvalue weighted by molar-refractivity contribution is 7.92. The molecule has 41 heavy (non-hydrogen) atoms. The molecule has 1 atom stereocenters. The first-order valence-corrected chi connectivity index (χ1v) is 15.9. The molecule has 1 fully saturated rings. The van der Waals surface area contributed by atoms with Crippen molar-refractivity contribution in [3.05, 3.63) is 94.0 Å². The zero-order valence-electron chi connectivity index (χ0n) is 23.2. The fourth-order valence-electron chi connectivity index (χ4n) is 5.03. The summed E-state index contributed by atoms with van der Waals surface area (Å²) < 4.78 is 28.8. The van der Waals surface area contributed by atoms with Gasteiger partial charge in [0.25, 0.3) is 10.0 Å². The van der Waals surface area contributed by atoms with Gasteiger partial charge in [0.2, 0.25) is 11.8 Å². The molecule has 0 spiro atoms. The van der Waals surface area contributed by atoms with Crippen molar-refractivity contribution < 1.29 is 18.0 Å². The number of nitrogens with zero attached hydrogens (tertiary/aromatic N) is 2. The minimum atomic E-state index is -4.23. The summed E-state index contributed by atoms with van der Waals surface area (Å²) in [7, 11) is -4.23. The van der Waals surface area contributed by atoms with E-state index in [0.717, 1.165) is 47.5 Å². The average Bonchev–Trinajstić information content (AvgIpc) is 2.97. The van der Waals surface area contributed by atoms with E-state index in [4.69, 9.17) is 23.2 Å². The molecule has 1 saturated carbocycles. The summed E-state index contributed by atoms with van der Waals surface area (Å²) in [6, 6.07) is 19.1. The SMILES string of the molecule is Cc1ccccc1CN(C(=O)CN(c1cc(Cl)ccc1Cl)S(=O)(=O)c1ccccc1)C(C)C(=O)NC1CCCCC1. The number of benzene rings is 3. The second-order valence-corrected chi connectivity index (χ2v) is 13.1. The van der Waals surface area contributed by atoms with Crippen LogP contribution in [-0.4, -0.2) is 43.8 Å². The van der Waals surface area contributed by atoms with E-state index in [2.05, 4.69) is 5.32 Å². The number of hydrogen-bond acceptors (Lipinski definition) is 4. The van der Waals surface area contributed by atoms with Crippen LogP contribution in [0, 0.1) is 6.92 Å². The van der Waals surface area contributed by atoms with Gasteiger partial charge in [-0.1, -0.05) is 84.9 Å². The van der Waals surface area contributed by atoms with E-state index in [-0.39, 0.29) is 39.1 Å². The molecule has 1 aliphatic carbocycles. The number of aryl methyl sites for hydroxylation is 1. The number of halogens is 2. The first-order valence-electron chi connectivity index (χ1n) is 13.7. The van der Waals surface area contributed by atoms with Gasteiger partial charge in [-0.2, -0.15) is 0 Å². The molecular formula is C31H35Cl2N3O4S. The van der Waals surface area contributed by atoms with Gasteiger partial charge < -0.3 is 10.2 Å². The Morgan fingerprint density at radius 1 is 0.951 bits per heavy atom. The van der Waals surface area contributed by atoms with Gasteiger partial charge in [0.15, 0.2) is 0 Å². The van der Waals surface area contributed by atoms with Crippen LogP contribution in [0.5, 0.6) is 0 Å². The minimum Gasteiger partial charge on any atom is -0.352 e.